The molecule has 4 nitrogen and oxygen atoms in total. The van der Waals surface area contributed by atoms with Gasteiger partial charge in [-0.3, -0.25) is 0 Å². The molecule has 0 spiro atoms. The second kappa shape index (κ2) is 10.7. The fraction of sp³-hybridized carbons (Fsp3) is 0.316. The fourth-order valence-corrected chi connectivity index (χ4v) is 2.63. The molecule has 0 radical (unpaired) electrons. The number of nitrogens with zero attached hydrogens (tertiary/aromatic N) is 1. The molecule has 0 atom stereocenters. The Labute approximate surface area is 178 Å². The molecule has 145 valence electrons. The summed E-state index contributed by atoms with van der Waals surface area (Å²) in [7, 11) is 18.2. The SMILES string of the molecule is COc1ccc(C(O)(c2ccc(OC)cc2)C(C)(C)C#N)cc1.[Cl][Zr]([Cl])[Cl]. The predicted molar refractivity (Wildman–Crippen MR) is 106 cm³/mol. The summed E-state index contributed by atoms with van der Waals surface area (Å²) in [6.45, 7) is 3.45. The number of benzene rings is 2. The van der Waals surface area contributed by atoms with E-state index in [0.717, 1.165) is 0 Å². The molecule has 0 saturated carbocycles. The third-order valence-electron chi connectivity index (χ3n) is 4.20. The number of halogens is 3. The van der Waals surface area contributed by atoms with Gasteiger partial charge in [0.1, 0.15) is 17.1 Å². The van der Waals surface area contributed by atoms with Crippen LogP contribution in [0.3, 0.4) is 0 Å². The van der Waals surface area contributed by atoms with Crippen molar-refractivity contribution in [2.24, 2.45) is 5.41 Å². The van der Waals surface area contributed by atoms with Crippen molar-refractivity contribution in [1.82, 2.24) is 0 Å². The average Bonchev–Trinajstić information content (AvgIpc) is 2.67. The van der Waals surface area contributed by atoms with E-state index in [1.54, 1.807) is 76.6 Å². The monoisotopic (exact) mass is 506 g/mol. The quantitative estimate of drug-likeness (QED) is 0.575. The van der Waals surface area contributed by atoms with E-state index in [2.05, 4.69) is 6.07 Å². The predicted octanol–water partition coefficient (Wildman–Crippen LogP) is 5.56. The molecule has 0 saturated heterocycles. The summed E-state index contributed by atoms with van der Waals surface area (Å²) in [6, 6.07) is 16.4. The first-order chi connectivity index (χ1) is 12.6. The summed E-state index contributed by atoms with van der Waals surface area (Å²) in [5, 5.41) is 21.1. The average molecular weight is 509 g/mol. The molecule has 0 aliphatic heterocycles. The van der Waals surface area contributed by atoms with Crippen LogP contribution in [-0.4, -0.2) is 19.3 Å². The minimum atomic E-state index is -2.13. The van der Waals surface area contributed by atoms with E-state index in [4.69, 9.17) is 35.0 Å². The number of nitriles is 1. The number of hydrogen-bond donors (Lipinski definition) is 1. The van der Waals surface area contributed by atoms with Crippen molar-refractivity contribution < 1.29 is 32.8 Å². The standard InChI is InChI=1S/C19H21NO3.3ClH.Zr/c1-18(2,13-20)19(21,14-5-9-16(22-3)10-6-14)15-7-11-17(23-4)12-8-15;;;;/h5-12,21H,1-4H3;3*1H;/q;;;;+3/p-3. The van der Waals surface area contributed by atoms with E-state index in [1.165, 1.54) is 0 Å². The fourth-order valence-electron chi connectivity index (χ4n) is 2.63. The Morgan fingerprint density at radius 2 is 1.15 bits per heavy atom. The molecule has 2 aromatic carbocycles. The summed E-state index contributed by atoms with van der Waals surface area (Å²) < 4.78 is 10.3. The molecule has 0 amide bonds. The Morgan fingerprint density at radius 1 is 0.852 bits per heavy atom. The van der Waals surface area contributed by atoms with E-state index in [9.17, 15) is 10.4 Å². The molecule has 0 bridgehead atoms. The number of ether oxygens (including phenoxy) is 2. The number of aliphatic hydroxyl groups is 1. The van der Waals surface area contributed by atoms with Gasteiger partial charge in [-0.25, -0.2) is 0 Å². The van der Waals surface area contributed by atoms with Crippen molar-refractivity contribution in [3.63, 3.8) is 0 Å². The zero-order valence-electron chi connectivity index (χ0n) is 15.5. The van der Waals surface area contributed by atoms with Gasteiger partial charge in [0.15, 0.2) is 0 Å². The molecule has 2 aromatic rings. The van der Waals surface area contributed by atoms with Crippen molar-refractivity contribution >= 4 is 25.5 Å². The van der Waals surface area contributed by atoms with Crippen LogP contribution in [0.2, 0.25) is 0 Å². The van der Waals surface area contributed by atoms with Gasteiger partial charge in [-0.1, -0.05) is 24.3 Å². The van der Waals surface area contributed by atoms with E-state index < -0.39 is 29.2 Å². The number of methoxy groups -OCH3 is 2. The molecule has 1 N–H and O–H groups in total. The molecule has 8 heteroatoms. The first kappa shape index (κ1) is 24.3. The van der Waals surface area contributed by atoms with Crippen LogP contribution in [0.4, 0.5) is 0 Å². The Kier molecular flexibility index (Phi) is 9.62. The Balaban J connectivity index is 0.000000828. The summed E-state index contributed by atoms with van der Waals surface area (Å²) in [6.07, 6.45) is 0. The van der Waals surface area contributed by atoms with Gasteiger partial charge in [0.25, 0.3) is 0 Å². The topological polar surface area (TPSA) is 62.5 Å². The summed E-state index contributed by atoms with van der Waals surface area (Å²) >= 11 is -2.13. The van der Waals surface area contributed by atoms with Gasteiger partial charge in [-0.05, 0) is 49.2 Å². The zero-order chi connectivity index (χ0) is 20.7. The molecule has 0 fully saturated rings. The van der Waals surface area contributed by atoms with E-state index in [0.29, 0.717) is 22.6 Å². The van der Waals surface area contributed by atoms with Gasteiger partial charge in [-0.2, -0.15) is 5.26 Å². The number of rotatable bonds is 5. The third kappa shape index (κ3) is 6.11. The molecule has 0 aliphatic carbocycles. The van der Waals surface area contributed by atoms with Crippen molar-refractivity contribution in [2.75, 3.05) is 14.2 Å². The second-order valence-electron chi connectivity index (χ2n) is 6.12. The summed E-state index contributed by atoms with van der Waals surface area (Å²) in [5.74, 6) is 1.39. The van der Waals surface area contributed by atoms with Crippen LogP contribution < -0.4 is 9.47 Å². The number of hydrogen-bond acceptors (Lipinski definition) is 4. The van der Waals surface area contributed by atoms with Crippen LogP contribution in [0.1, 0.15) is 25.0 Å². The van der Waals surface area contributed by atoms with Crippen molar-refractivity contribution in [3.8, 4) is 17.6 Å². The maximum atomic E-state index is 11.5. The Morgan fingerprint density at radius 3 is 1.37 bits per heavy atom. The third-order valence-corrected chi connectivity index (χ3v) is 4.20. The summed E-state index contributed by atoms with van der Waals surface area (Å²) in [4.78, 5) is 0. The normalized spacial score (nSPS) is 10.9. The molecule has 2 rings (SSSR count). The van der Waals surface area contributed by atoms with Gasteiger partial charge in [0, 0.05) is 0 Å². The molecule has 0 aromatic heterocycles. The second-order valence-corrected chi connectivity index (χ2v) is 17.3. The van der Waals surface area contributed by atoms with Crippen LogP contribution in [0, 0.1) is 16.7 Å². The molecule has 0 unspecified atom stereocenters. The minimum absolute atomic E-state index is 0.634. The first-order valence-electron chi connectivity index (χ1n) is 7.88. The van der Waals surface area contributed by atoms with Crippen LogP contribution in [0.5, 0.6) is 11.5 Å². The van der Waals surface area contributed by atoms with Gasteiger partial charge in [0.05, 0.1) is 25.7 Å². The van der Waals surface area contributed by atoms with Gasteiger partial charge in [-0.15, -0.1) is 0 Å². The van der Waals surface area contributed by atoms with Gasteiger partial charge >= 0.3 is 43.7 Å². The maximum absolute atomic E-state index is 11.5. The molecule has 0 aliphatic rings. The molecular formula is C19H21Cl3NO3Zr. The Hall–Kier alpha value is -0.757. The van der Waals surface area contributed by atoms with Gasteiger partial charge in [0.2, 0.25) is 0 Å². The van der Waals surface area contributed by atoms with Gasteiger partial charge < -0.3 is 14.6 Å². The van der Waals surface area contributed by atoms with Crippen LogP contribution >= 0.6 is 25.5 Å². The summed E-state index contributed by atoms with van der Waals surface area (Å²) in [5.41, 5.74) is -1.22. The van der Waals surface area contributed by atoms with E-state index >= 15 is 0 Å². The van der Waals surface area contributed by atoms with E-state index in [-0.39, 0.29) is 0 Å². The van der Waals surface area contributed by atoms with Crippen molar-refractivity contribution in [1.29, 1.82) is 5.26 Å². The van der Waals surface area contributed by atoms with Crippen LogP contribution in [-0.2, 0) is 23.8 Å². The Bertz CT molecular complexity index is 709. The first-order valence-corrected chi connectivity index (χ1v) is 17.4. The van der Waals surface area contributed by atoms with E-state index in [1.807, 2.05) is 0 Å². The van der Waals surface area contributed by atoms with Crippen molar-refractivity contribution in [3.05, 3.63) is 59.7 Å². The zero-order valence-corrected chi connectivity index (χ0v) is 20.2. The van der Waals surface area contributed by atoms with Crippen molar-refractivity contribution in [2.45, 2.75) is 19.4 Å². The molecular weight excluding hydrogens is 488 g/mol. The molecule has 27 heavy (non-hydrogen) atoms. The molecule has 0 heterocycles. The van der Waals surface area contributed by atoms with Crippen LogP contribution in [0.25, 0.3) is 0 Å². The van der Waals surface area contributed by atoms with Crippen LogP contribution in [0.15, 0.2) is 48.5 Å².